The molecule has 2 rings (SSSR count). The fraction of sp³-hybridized carbons (Fsp3) is 0.353. The Morgan fingerprint density at radius 1 is 1.35 bits per heavy atom. The van der Waals surface area contributed by atoms with Crippen molar-refractivity contribution in [3.05, 3.63) is 53.3 Å². The van der Waals surface area contributed by atoms with Crippen LogP contribution in [0, 0.1) is 0 Å². The third-order valence-electron chi connectivity index (χ3n) is 3.65. The molecular weight excluding hydrogens is 248 g/mol. The molecule has 1 heterocycles. The van der Waals surface area contributed by atoms with Crippen molar-refractivity contribution in [2.24, 2.45) is 5.73 Å². The van der Waals surface area contributed by atoms with Crippen LogP contribution in [-0.2, 0) is 16.8 Å². The largest absolute Gasteiger partial charge is 0.326 e. The molecule has 3 nitrogen and oxygen atoms in total. The van der Waals surface area contributed by atoms with Crippen LogP contribution in [0.1, 0.15) is 38.3 Å². The van der Waals surface area contributed by atoms with Crippen molar-refractivity contribution in [3.8, 4) is 0 Å². The van der Waals surface area contributed by atoms with E-state index in [1.807, 2.05) is 6.79 Å². The van der Waals surface area contributed by atoms with Gasteiger partial charge in [0.25, 0.3) is 0 Å². The van der Waals surface area contributed by atoms with Crippen molar-refractivity contribution in [1.29, 1.82) is 0 Å². The molecule has 0 spiro atoms. The second-order valence-electron chi connectivity index (χ2n) is 5.69. The zero-order chi connectivity index (χ0) is 15.2. The van der Waals surface area contributed by atoms with E-state index in [9.17, 15) is 0 Å². The fourth-order valence-electron chi connectivity index (χ4n) is 2.36. The summed E-state index contributed by atoms with van der Waals surface area (Å²) < 4.78 is 0. The zero-order valence-electron chi connectivity index (χ0n) is 12.6. The minimum atomic E-state index is 0.143. The maximum atomic E-state index is 8.00. The van der Waals surface area contributed by atoms with Gasteiger partial charge in [-0.1, -0.05) is 26.0 Å². The van der Waals surface area contributed by atoms with Gasteiger partial charge >= 0.3 is 0 Å². The molecule has 108 valence electrons. The van der Waals surface area contributed by atoms with E-state index in [1.165, 1.54) is 22.4 Å². The molecule has 0 fully saturated rings. The van der Waals surface area contributed by atoms with Crippen LogP contribution in [0.4, 0.5) is 5.69 Å². The molecular formula is C17H25N2O+. The maximum absolute atomic E-state index is 8.00. The lowest BCUT2D eigenvalue weighted by Gasteiger charge is -2.25. The number of hydrogen-bond donors (Lipinski definition) is 2. The summed E-state index contributed by atoms with van der Waals surface area (Å²) in [5.74, 6) is 0. The fourth-order valence-corrected chi connectivity index (χ4v) is 2.36. The number of fused-ring (bicyclic) bond motifs is 1. The number of benzene rings is 1. The quantitative estimate of drug-likeness (QED) is 0.771. The first-order valence-electron chi connectivity index (χ1n) is 6.83. The maximum Gasteiger partial charge on any atom is 0.137 e. The summed E-state index contributed by atoms with van der Waals surface area (Å²) >= 11 is 0. The smallest absolute Gasteiger partial charge is 0.137 e. The first-order valence-corrected chi connectivity index (χ1v) is 6.83. The Balaban J connectivity index is 0.000000956. The normalized spacial score (nSPS) is 20.9. The predicted molar refractivity (Wildman–Crippen MR) is 83.6 cm³/mol. The Bertz CT molecular complexity index is 516. The van der Waals surface area contributed by atoms with Crippen molar-refractivity contribution in [3.63, 3.8) is 0 Å². The topological polar surface area (TPSA) is 59.7 Å². The molecule has 1 aliphatic heterocycles. The van der Waals surface area contributed by atoms with Crippen molar-refractivity contribution in [2.75, 3.05) is 0 Å². The molecule has 0 saturated carbocycles. The second-order valence-corrected chi connectivity index (χ2v) is 5.69. The number of rotatable bonds is 1. The average molecular weight is 273 g/mol. The number of carbonyl (C=O) groups is 1. The van der Waals surface area contributed by atoms with Gasteiger partial charge in [0.2, 0.25) is 0 Å². The summed E-state index contributed by atoms with van der Waals surface area (Å²) in [5.41, 5.74) is 11.1. The molecule has 0 bridgehead atoms. The second kappa shape index (κ2) is 7.17. The highest BCUT2D eigenvalue weighted by Crippen LogP contribution is 2.33. The highest BCUT2D eigenvalue weighted by molar-refractivity contribution is 5.47. The van der Waals surface area contributed by atoms with Gasteiger partial charge in [-0.3, -0.25) is 5.32 Å². The summed E-state index contributed by atoms with van der Waals surface area (Å²) in [5, 5.41) is 2.19. The van der Waals surface area contributed by atoms with Gasteiger partial charge in [-0.2, -0.15) is 0 Å². The van der Waals surface area contributed by atoms with E-state index in [1.54, 1.807) is 0 Å². The monoisotopic (exact) mass is 273 g/mol. The van der Waals surface area contributed by atoms with E-state index < -0.39 is 0 Å². The van der Waals surface area contributed by atoms with E-state index in [0.717, 1.165) is 6.42 Å². The Kier molecular flexibility index (Phi) is 5.86. The van der Waals surface area contributed by atoms with E-state index in [-0.39, 0.29) is 5.41 Å². The van der Waals surface area contributed by atoms with Crippen LogP contribution in [0.25, 0.3) is 0 Å². The summed E-state index contributed by atoms with van der Waals surface area (Å²) in [6.45, 7) is 9.36. The van der Waals surface area contributed by atoms with Gasteiger partial charge in [-0.15, -0.1) is 0 Å². The molecule has 0 aliphatic carbocycles. The third-order valence-corrected chi connectivity index (χ3v) is 3.65. The number of carbonyl (C=O) groups excluding carboxylic acids is 1. The molecule has 0 unspecified atom stereocenters. The molecule has 3 heteroatoms. The molecule has 1 aromatic carbocycles. The lowest BCUT2D eigenvalue weighted by atomic mass is 9.79. The SMILES string of the molecule is C=O.CC1=C/CC(C)(C)c2cc(CN)ccc2[NH2+]/C=C\1. The minimum Gasteiger partial charge on any atom is -0.326 e. The molecule has 1 aliphatic rings. The van der Waals surface area contributed by atoms with Crippen LogP contribution >= 0.6 is 0 Å². The summed E-state index contributed by atoms with van der Waals surface area (Å²) in [7, 11) is 0. The van der Waals surface area contributed by atoms with Gasteiger partial charge in [0.15, 0.2) is 0 Å². The van der Waals surface area contributed by atoms with Crippen molar-refractivity contribution in [2.45, 2.75) is 39.2 Å². The Morgan fingerprint density at radius 2 is 2.05 bits per heavy atom. The highest BCUT2D eigenvalue weighted by Gasteiger charge is 2.25. The van der Waals surface area contributed by atoms with Crippen LogP contribution in [-0.4, -0.2) is 6.79 Å². The first-order chi connectivity index (χ1) is 9.53. The molecule has 0 aromatic heterocycles. The minimum absolute atomic E-state index is 0.143. The standard InChI is InChI=1S/C16H22N2.CH2O/c1-12-6-8-16(2,3)14-10-13(11-17)4-5-15(14)18-9-7-12;1-2/h4-7,9-10,18H,8,11,17H2,1-3H3;1H2/p+1/b9-7-,12-6-;. The number of hydrogen-bond acceptors (Lipinski definition) is 2. The van der Waals surface area contributed by atoms with Gasteiger partial charge < -0.3 is 10.5 Å². The van der Waals surface area contributed by atoms with E-state index in [2.05, 4.69) is 62.6 Å². The molecule has 20 heavy (non-hydrogen) atoms. The van der Waals surface area contributed by atoms with Crippen molar-refractivity contribution < 1.29 is 10.1 Å². The van der Waals surface area contributed by atoms with Gasteiger partial charge in [0.05, 0.1) is 6.20 Å². The number of allylic oxidation sites excluding steroid dienone is 3. The summed E-state index contributed by atoms with van der Waals surface area (Å²) in [6.07, 6.45) is 7.67. The first kappa shape index (κ1) is 16.3. The number of nitrogens with two attached hydrogens (primary N) is 2. The highest BCUT2D eigenvalue weighted by atomic mass is 16.1. The molecule has 0 atom stereocenters. The van der Waals surface area contributed by atoms with Crippen LogP contribution in [0.3, 0.4) is 0 Å². The van der Waals surface area contributed by atoms with Crippen LogP contribution in [0.2, 0.25) is 0 Å². The van der Waals surface area contributed by atoms with E-state index >= 15 is 0 Å². The van der Waals surface area contributed by atoms with Gasteiger partial charge in [-0.05, 0) is 48.1 Å². The molecule has 0 radical (unpaired) electrons. The summed E-state index contributed by atoms with van der Waals surface area (Å²) in [6, 6.07) is 6.57. The van der Waals surface area contributed by atoms with Crippen LogP contribution in [0.5, 0.6) is 0 Å². The average Bonchev–Trinajstić information content (AvgIpc) is 2.51. The van der Waals surface area contributed by atoms with Crippen LogP contribution in [0.15, 0.2) is 42.1 Å². The summed E-state index contributed by atoms with van der Waals surface area (Å²) in [4.78, 5) is 8.00. The van der Waals surface area contributed by atoms with Crippen molar-refractivity contribution >= 4 is 12.5 Å². The van der Waals surface area contributed by atoms with E-state index in [4.69, 9.17) is 10.5 Å². The van der Waals surface area contributed by atoms with Crippen molar-refractivity contribution in [1.82, 2.24) is 0 Å². The van der Waals surface area contributed by atoms with E-state index in [0.29, 0.717) is 6.54 Å². The Morgan fingerprint density at radius 3 is 2.70 bits per heavy atom. The lowest BCUT2D eigenvalue weighted by Crippen LogP contribution is -2.71. The lowest BCUT2D eigenvalue weighted by molar-refractivity contribution is -0.497. The number of quaternary nitrogens is 1. The Labute approximate surface area is 121 Å². The Hall–Kier alpha value is -1.71. The molecule has 0 saturated heterocycles. The van der Waals surface area contributed by atoms with Gasteiger partial charge in [0, 0.05) is 12.1 Å². The van der Waals surface area contributed by atoms with Crippen LogP contribution < -0.4 is 11.1 Å². The molecule has 0 amide bonds. The zero-order valence-corrected chi connectivity index (χ0v) is 12.6. The molecule has 4 N–H and O–H groups in total. The van der Waals surface area contributed by atoms with Gasteiger partial charge in [-0.25, -0.2) is 0 Å². The predicted octanol–water partition coefficient (Wildman–Crippen LogP) is 2.30. The molecule has 1 aromatic rings. The third kappa shape index (κ3) is 3.89. The van der Waals surface area contributed by atoms with Gasteiger partial charge in [0.1, 0.15) is 12.5 Å².